The van der Waals surface area contributed by atoms with Crippen molar-refractivity contribution >= 4 is 17.3 Å². The SMILES string of the molecule is Cc1cc(C[NH+]2CCN(C(=S)NCCc3ccccc3)CC2)no1. The molecule has 5 nitrogen and oxygen atoms in total. The summed E-state index contributed by atoms with van der Waals surface area (Å²) in [5, 5.41) is 8.35. The van der Waals surface area contributed by atoms with Gasteiger partial charge in [-0.2, -0.15) is 0 Å². The zero-order chi connectivity index (χ0) is 16.8. The van der Waals surface area contributed by atoms with Crippen LogP contribution in [0.4, 0.5) is 0 Å². The molecule has 3 rings (SSSR count). The molecule has 1 aliphatic heterocycles. The summed E-state index contributed by atoms with van der Waals surface area (Å²) in [7, 11) is 0. The molecule has 1 fully saturated rings. The van der Waals surface area contributed by atoms with Crippen molar-refractivity contribution in [2.75, 3.05) is 32.7 Å². The minimum atomic E-state index is 0.877. The van der Waals surface area contributed by atoms with E-state index in [0.29, 0.717) is 0 Å². The highest BCUT2D eigenvalue weighted by molar-refractivity contribution is 7.80. The maximum Gasteiger partial charge on any atom is 0.169 e. The van der Waals surface area contributed by atoms with Gasteiger partial charge in [-0.3, -0.25) is 0 Å². The average Bonchev–Trinajstić information content (AvgIpc) is 3.01. The lowest BCUT2D eigenvalue weighted by atomic mass is 10.1. The van der Waals surface area contributed by atoms with E-state index in [1.807, 2.05) is 19.1 Å². The lowest BCUT2D eigenvalue weighted by molar-refractivity contribution is -0.917. The van der Waals surface area contributed by atoms with Gasteiger partial charge < -0.3 is 19.6 Å². The fourth-order valence-corrected chi connectivity index (χ4v) is 3.32. The average molecular weight is 345 g/mol. The molecule has 0 saturated carbocycles. The van der Waals surface area contributed by atoms with Gasteiger partial charge in [0.25, 0.3) is 0 Å². The Bertz CT molecular complexity index is 650. The Morgan fingerprint density at radius 1 is 1.29 bits per heavy atom. The number of nitrogens with zero attached hydrogens (tertiary/aromatic N) is 2. The van der Waals surface area contributed by atoms with Crippen LogP contribution in [0, 0.1) is 6.92 Å². The lowest BCUT2D eigenvalue weighted by Gasteiger charge is -2.33. The molecular formula is C18H25N4OS+. The number of aromatic nitrogens is 1. The molecular weight excluding hydrogens is 320 g/mol. The number of rotatable bonds is 5. The quantitative estimate of drug-likeness (QED) is 0.785. The van der Waals surface area contributed by atoms with Gasteiger partial charge in [-0.05, 0) is 31.1 Å². The van der Waals surface area contributed by atoms with Gasteiger partial charge >= 0.3 is 0 Å². The highest BCUT2D eigenvalue weighted by Crippen LogP contribution is 2.01. The summed E-state index contributed by atoms with van der Waals surface area (Å²) < 4.78 is 5.14. The van der Waals surface area contributed by atoms with E-state index in [1.54, 1.807) is 0 Å². The zero-order valence-corrected chi connectivity index (χ0v) is 14.9. The van der Waals surface area contributed by atoms with E-state index >= 15 is 0 Å². The highest BCUT2D eigenvalue weighted by atomic mass is 32.1. The molecule has 2 N–H and O–H groups in total. The van der Waals surface area contributed by atoms with E-state index in [1.165, 1.54) is 10.5 Å². The van der Waals surface area contributed by atoms with E-state index < -0.39 is 0 Å². The van der Waals surface area contributed by atoms with Gasteiger partial charge in [0.2, 0.25) is 0 Å². The first kappa shape index (κ1) is 16.9. The molecule has 24 heavy (non-hydrogen) atoms. The van der Waals surface area contributed by atoms with Crippen molar-refractivity contribution in [2.45, 2.75) is 19.9 Å². The normalized spacial score (nSPS) is 15.5. The molecule has 0 spiro atoms. The third kappa shape index (κ3) is 4.79. The number of hydrogen-bond donors (Lipinski definition) is 2. The Balaban J connectivity index is 1.37. The topological polar surface area (TPSA) is 45.7 Å². The summed E-state index contributed by atoms with van der Waals surface area (Å²) in [4.78, 5) is 3.81. The van der Waals surface area contributed by atoms with Crippen LogP contribution >= 0.6 is 12.2 Å². The maximum atomic E-state index is 5.54. The molecule has 6 heteroatoms. The van der Waals surface area contributed by atoms with Crippen LogP contribution in [0.2, 0.25) is 0 Å². The number of thiocarbonyl (C=S) groups is 1. The van der Waals surface area contributed by atoms with E-state index in [-0.39, 0.29) is 0 Å². The summed E-state index contributed by atoms with van der Waals surface area (Å²) in [6.07, 6.45) is 0.998. The first-order valence-corrected chi connectivity index (χ1v) is 8.94. The van der Waals surface area contributed by atoms with Crippen LogP contribution < -0.4 is 10.2 Å². The molecule has 1 aromatic carbocycles. The van der Waals surface area contributed by atoms with E-state index in [9.17, 15) is 0 Å². The number of quaternary nitrogens is 1. The van der Waals surface area contributed by atoms with Crippen molar-refractivity contribution in [1.29, 1.82) is 0 Å². The fourth-order valence-electron chi connectivity index (χ4n) is 3.03. The van der Waals surface area contributed by atoms with Crippen LogP contribution in [0.3, 0.4) is 0 Å². The number of benzene rings is 1. The molecule has 128 valence electrons. The number of hydrogen-bond acceptors (Lipinski definition) is 3. The second kappa shape index (κ2) is 8.26. The molecule has 0 unspecified atom stereocenters. The van der Waals surface area contributed by atoms with E-state index in [4.69, 9.17) is 16.7 Å². The minimum absolute atomic E-state index is 0.877. The first-order chi connectivity index (χ1) is 11.7. The zero-order valence-electron chi connectivity index (χ0n) is 14.1. The Morgan fingerprint density at radius 3 is 2.71 bits per heavy atom. The molecule has 0 atom stereocenters. The van der Waals surface area contributed by atoms with Gasteiger partial charge in [0.15, 0.2) is 5.11 Å². The summed E-state index contributed by atoms with van der Waals surface area (Å²) in [6, 6.07) is 12.5. The standard InChI is InChI=1S/C18H24N4OS/c1-15-13-17(20-23-15)14-21-9-11-22(12-10-21)18(24)19-8-7-16-5-3-2-4-6-16/h2-6,13H,7-12,14H2,1H3,(H,19,24)/p+1. The Morgan fingerprint density at radius 2 is 2.04 bits per heavy atom. The van der Waals surface area contributed by atoms with Gasteiger partial charge in [0.1, 0.15) is 18.0 Å². The third-order valence-corrected chi connectivity index (χ3v) is 4.80. The van der Waals surface area contributed by atoms with Crippen LogP contribution in [0.15, 0.2) is 40.9 Å². The van der Waals surface area contributed by atoms with Crippen LogP contribution in [0.1, 0.15) is 17.0 Å². The van der Waals surface area contributed by atoms with Crippen molar-refractivity contribution in [3.05, 3.63) is 53.4 Å². The second-order valence-corrected chi connectivity index (χ2v) is 6.70. The van der Waals surface area contributed by atoms with Crippen molar-refractivity contribution in [3.8, 4) is 0 Å². The molecule has 2 aromatic rings. The smallest absolute Gasteiger partial charge is 0.169 e. The van der Waals surface area contributed by atoms with Crippen LogP contribution in [0.25, 0.3) is 0 Å². The molecule has 0 bridgehead atoms. The van der Waals surface area contributed by atoms with Crippen LogP contribution in [-0.4, -0.2) is 47.9 Å². The lowest BCUT2D eigenvalue weighted by Crippen LogP contribution is -3.13. The Labute approximate surface area is 148 Å². The van der Waals surface area contributed by atoms with Gasteiger partial charge in [-0.15, -0.1) is 0 Å². The second-order valence-electron chi connectivity index (χ2n) is 6.31. The van der Waals surface area contributed by atoms with Crippen molar-refractivity contribution in [1.82, 2.24) is 15.4 Å². The Hall–Kier alpha value is -1.92. The van der Waals surface area contributed by atoms with Gasteiger partial charge in [-0.25, -0.2) is 0 Å². The molecule has 2 heterocycles. The minimum Gasteiger partial charge on any atom is -0.362 e. The molecule has 0 amide bonds. The van der Waals surface area contributed by atoms with Crippen LogP contribution in [-0.2, 0) is 13.0 Å². The predicted octanol–water partition coefficient (Wildman–Crippen LogP) is 0.801. The fraction of sp³-hybridized carbons (Fsp3) is 0.444. The molecule has 1 aromatic heterocycles. The predicted molar refractivity (Wildman–Crippen MR) is 98.0 cm³/mol. The van der Waals surface area contributed by atoms with Crippen molar-refractivity contribution in [2.24, 2.45) is 0 Å². The number of piperazine rings is 1. The van der Waals surface area contributed by atoms with Gasteiger partial charge in [0, 0.05) is 12.6 Å². The summed E-state index contributed by atoms with van der Waals surface area (Å²) in [5.41, 5.74) is 2.38. The van der Waals surface area contributed by atoms with E-state index in [0.717, 1.165) is 62.3 Å². The largest absolute Gasteiger partial charge is 0.362 e. The van der Waals surface area contributed by atoms with Crippen molar-refractivity contribution in [3.63, 3.8) is 0 Å². The first-order valence-electron chi connectivity index (χ1n) is 8.53. The maximum absolute atomic E-state index is 5.54. The monoisotopic (exact) mass is 345 g/mol. The molecule has 0 radical (unpaired) electrons. The van der Waals surface area contributed by atoms with Crippen LogP contribution in [0.5, 0.6) is 0 Å². The third-order valence-electron chi connectivity index (χ3n) is 4.40. The summed E-state index contributed by atoms with van der Waals surface area (Å²) in [5.74, 6) is 0.881. The molecule has 1 aliphatic rings. The van der Waals surface area contributed by atoms with E-state index in [2.05, 4.69) is 39.6 Å². The Kier molecular flexibility index (Phi) is 5.82. The number of nitrogens with one attached hydrogen (secondary N) is 2. The van der Waals surface area contributed by atoms with Crippen molar-refractivity contribution < 1.29 is 9.42 Å². The number of aryl methyl sites for hydroxylation is 1. The summed E-state index contributed by atoms with van der Waals surface area (Å²) in [6.45, 7) is 7.88. The summed E-state index contributed by atoms with van der Waals surface area (Å²) >= 11 is 5.54. The van der Waals surface area contributed by atoms with Gasteiger partial charge in [0.05, 0.1) is 26.2 Å². The highest BCUT2D eigenvalue weighted by Gasteiger charge is 2.22. The van der Waals surface area contributed by atoms with Gasteiger partial charge in [-0.1, -0.05) is 35.5 Å². The molecule has 1 saturated heterocycles. The molecule has 0 aliphatic carbocycles.